The molecule has 0 fully saturated rings. The molecule has 1 aromatic heterocycles. The second-order valence-electron chi connectivity index (χ2n) is 5.16. The van der Waals surface area contributed by atoms with Gasteiger partial charge in [-0.1, -0.05) is 0 Å². The van der Waals surface area contributed by atoms with E-state index in [-0.39, 0.29) is 0 Å². The number of ether oxygens (including phenoxy) is 1. The Labute approximate surface area is 119 Å². The number of nitrogens with zero attached hydrogens (tertiary/aromatic N) is 3. The predicted octanol–water partition coefficient (Wildman–Crippen LogP) is 2.17. The third kappa shape index (κ3) is 5.29. The molecule has 20 heavy (non-hydrogen) atoms. The lowest BCUT2D eigenvalue weighted by Gasteiger charge is -2.21. The molecule has 0 aliphatic carbocycles. The maximum Gasteiger partial charge on any atom is 0.426 e. The molecule has 1 amide bonds. The zero-order chi connectivity index (χ0) is 15.2. The molecular formula is C13H23N5O2. The van der Waals surface area contributed by atoms with E-state index in [4.69, 9.17) is 4.74 Å². The van der Waals surface area contributed by atoms with Gasteiger partial charge in [0.05, 0.1) is 0 Å². The summed E-state index contributed by atoms with van der Waals surface area (Å²) in [4.78, 5) is 21.9. The molecule has 0 saturated carbocycles. The molecule has 112 valence electrons. The Kier molecular flexibility index (Phi) is 5.54. The van der Waals surface area contributed by atoms with Crippen molar-refractivity contribution in [1.29, 1.82) is 0 Å². The lowest BCUT2D eigenvalue weighted by molar-refractivity contribution is 0.0540. The minimum atomic E-state index is -0.575. The summed E-state index contributed by atoms with van der Waals surface area (Å²) < 4.78 is 5.10. The Morgan fingerprint density at radius 3 is 2.55 bits per heavy atom. The summed E-state index contributed by atoms with van der Waals surface area (Å²) in [5.41, 5.74) is 4.49. The molecule has 0 radical (unpaired) electrons. The Balaban J connectivity index is 2.61. The molecule has 0 unspecified atom stereocenters. The first kappa shape index (κ1) is 16.0. The highest BCUT2D eigenvalue weighted by molar-refractivity contribution is 5.69. The number of carbonyl (C=O) groups excluding carboxylic acids is 1. The standard InChI is InChI=1S/C13H23N5O2/c1-6-18(7-2)10-8-9-14-11(15-10)16-17-12(19)20-13(3,4)5/h8-9H,6-7H2,1-5H3,(H,17,19)(H,14,15,16). The summed E-state index contributed by atoms with van der Waals surface area (Å²) >= 11 is 0. The van der Waals surface area contributed by atoms with Gasteiger partial charge in [0, 0.05) is 19.3 Å². The van der Waals surface area contributed by atoms with Gasteiger partial charge < -0.3 is 9.64 Å². The van der Waals surface area contributed by atoms with Crippen molar-refractivity contribution in [2.24, 2.45) is 0 Å². The Bertz CT molecular complexity index is 441. The fourth-order valence-electron chi connectivity index (χ4n) is 1.54. The van der Waals surface area contributed by atoms with Gasteiger partial charge in [-0.05, 0) is 40.7 Å². The van der Waals surface area contributed by atoms with Gasteiger partial charge in [-0.15, -0.1) is 0 Å². The molecule has 0 bridgehead atoms. The van der Waals surface area contributed by atoms with Crippen molar-refractivity contribution < 1.29 is 9.53 Å². The molecule has 1 rings (SSSR count). The number of anilines is 2. The normalized spacial score (nSPS) is 10.8. The van der Waals surface area contributed by atoms with Crippen LogP contribution >= 0.6 is 0 Å². The summed E-state index contributed by atoms with van der Waals surface area (Å²) in [7, 11) is 0. The lowest BCUT2D eigenvalue weighted by Crippen LogP contribution is -2.36. The fourth-order valence-corrected chi connectivity index (χ4v) is 1.54. The summed E-state index contributed by atoms with van der Waals surface area (Å²) in [5.74, 6) is 1.12. The van der Waals surface area contributed by atoms with Gasteiger partial charge in [0.15, 0.2) is 0 Å². The summed E-state index contributed by atoms with van der Waals surface area (Å²) in [6.07, 6.45) is 1.06. The highest BCUT2D eigenvalue weighted by atomic mass is 16.6. The average Bonchev–Trinajstić information content (AvgIpc) is 2.36. The number of nitrogens with one attached hydrogen (secondary N) is 2. The Morgan fingerprint density at radius 1 is 1.35 bits per heavy atom. The van der Waals surface area contributed by atoms with E-state index in [1.165, 1.54) is 0 Å². The van der Waals surface area contributed by atoms with E-state index in [1.54, 1.807) is 27.0 Å². The SMILES string of the molecule is CCN(CC)c1ccnc(NNC(=O)OC(C)(C)C)n1. The van der Waals surface area contributed by atoms with Crippen LogP contribution in [-0.2, 0) is 4.74 Å². The lowest BCUT2D eigenvalue weighted by atomic mass is 10.2. The molecule has 0 aromatic carbocycles. The van der Waals surface area contributed by atoms with Crippen molar-refractivity contribution in [1.82, 2.24) is 15.4 Å². The number of hydrazine groups is 1. The van der Waals surface area contributed by atoms with Crippen LogP contribution in [0.15, 0.2) is 12.3 Å². The number of aromatic nitrogens is 2. The second kappa shape index (κ2) is 6.93. The van der Waals surface area contributed by atoms with Crippen molar-refractivity contribution in [3.8, 4) is 0 Å². The zero-order valence-corrected chi connectivity index (χ0v) is 12.7. The molecular weight excluding hydrogens is 258 g/mol. The van der Waals surface area contributed by atoms with Gasteiger partial charge in [-0.25, -0.2) is 15.2 Å². The van der Waals surface area contributed by atoms with Crippen molar-refractivity contribution >= 4 is 17.9 Å². The van der Waals surface area contributed by atoms with Gasteiger partial charge in [0.2, 0.25) is 5.95 Å². The highest BCUT2D eigenvalue weighted by Gasteiger charge is 2.16. The Morgan fingerprint density at radius 2 is 2.00 bits per heavy atom. The van der Waals surface area contributed by atoms with Crippen molar-refractivity contribution in [3.05, 3.63) is 12.3 Å². The van der Waals surface area contributed by atoms with Crippen molar-refractivity contribution in [3.63, 3.8) is 0 Å². The molecule has 0 aliphatic heterocycles. The zero-order valence-electron chi connectivity index (χ0n) is 12.7. The number of rotatable bonds is 5. The summed E-state index contributed by atoms with van der Waals surface area (Å²) in [6.45, 7) is 11.2. The molecule has 0 atom stereocenters. The van der Waals surface area contributed by atoms with E-state index in [0.717, 1.165) is 18.9 Å². The summed E-state index contributed by atoms with van der Waals surface area (Å²) in [5, 5.41) is 0. The number of amides is 1. The molecule has 7 nitrogen and oxygen atoms in total. The van der Waals surface area contributed by atoms with Crippen LogP contribution in [0.1, 0.15) is 34.6 Å². The maximum atomic E-state index is 11.5. The third-order valence-corrected chi connectivity index (χ3v) is 2.40. The van der Waals surface area contributed by atoms with Gasteiger partial charge in [0.25, 0.3) is 0 Å². The molecule has 1 aromatic rings. The predicted molar refractivity (Wildman–Crippen MR) is 78.6 cm³/mol. The topological polar surface area (TPSA) is 79.4 Å². The molecule has 0 spiro atoms. The minimum absolute atomic E-state index is 0.320. The van der Waals surface area contributed by atoms with Crippen LogP contribution in [0.4, 0.5) is 16.6 Å². The largest absolute Gasteiger partial charge is 0.443 e. The Hall–Kier alpha value is -2.05. The first-order chi connectivity index (χ1) is 9.35. The second-order valence-corrected chi connectivity index (χ2v) is 5.16. The number of hydrogen-bond acceptors (Lipinski definition) is 6. The van der Waals surface area contributed by atoms with Crippen LogP contribution < -0.4 is 15.8 Å². The van der Waals surface area contributed by atoms with Crippen LogP contribution in [0.25, 0.3) is 0 Å². The van der Waals surface area contributed by atoms with Crippen molar-refractivity contribution in [2.45, 2.75) is 40.2 Å². The quantitative estimate of drug-likeness (QED) is 0.805. The molecule has 1 heterocycles. The average molecular weight is 281 g/mol. The van der Waals surface area contributed by atoms with E-state index < -0.39 is 11.7 Å². The monoisotopic (exact) mass is 281 g/mol. The van der Waals surface area contributed by atoms with E-state index in [2.05, 4.69) is 39.6 Å². The van der Waals surface area contributed by atoms with Gasteiger partial charge >= 0.3 is 6.09 Å². The highest BCUT2D eigenvalue weighted by Crippen LogP contribution is 2.11. The van der Waals surface area contributed by atoms with E-state index in [1.807, 2.05) is 6.07 Å². The van der Waals surface area contributed by atoms with Crippen molar-refractivity contribution in [2.75, 3.05) is 23.4 Å². The fraction of sp³-hybridized carbons (Fsp3) is 0.615. The first-order valence-corrected chi connectivity index (χ1v) is 6.68. The third-order valence-electron chi connectivity index (χ3n) is 2.40. The van der Waals surface area contributed by atoms with E-state index in [0.29, 0.717) is 5.95 Å². The summed E-state index contributed by atoms with van der Waals surface area (Å²) in [6, 6.07) is 1.83. The molecule has 0 saturated heterocycles. The van der Waals surface area contributed by atoms with Crippen LogP contribution in [0.2, 0.25) is 0 Å². The van der Waals surface area contributed by atoms with Crippen LogP contribution in [0.3, 0.4) is 0 Å². The number of carbonyl (C=O) groups is 1. The van der Waals surface area contributed by atoms with Gasteiger partial charge in [0.1, 0.15) is 11.4 Å². The smallest absolute Gasteiger partial charge is 0.426 e. The first-order valence-electron chi connectivity index (χ1n) is 6.68. The van der Waals surface area contributed by atoms with Crippen LogP contribution in [0, 0.1) is 0 Å². The molecule has 7 heteroatoms. The van der Waals surface area contributed by atoms with Crippen LogP contribution in [0.5, 0.6) is 0 Å². The van der Waals surface area contributed by atoms with Gasteiger partial charge in [-0.3, -0.25) is 5.43 Å². The van der Waals surface area contributed by atoms with Gasteiger partial charge in [-0.2, -0.15) is 4.98 Å². The molecule has 2 N–H and O–H groups in total. The number of hydrogen-bond donors (Lipinski definition) is 2. The molecule has 0 aliphatic rings. The maximum absolute atomic E-state index is 11.5. The van der Waals surface area contributed by atoms with E-state index in [9.17, 15) is 4.79 Å². The van der Waals surface area contributed by atoms with E-state index >= 15 is 0 Å². The minimum Gasteiger partial charge on any atom is -0.443 e. The van der Waals surface area contributed by atoms with Crippen LogP contribution in [-0.4, -0.2) is 34.8 Å².